The van der Waals surface area contributed by atoms with Crippen LogP contribution in [0.5, 0.6) is 11.5 Å². The maximum absolute atomic E-state index is 12.3. The second-order valence-corrected chi connectivity index (χ2v) is 9.47. The van der Waals surface area contributed by atoms with Gasteiger partial charge in [0.15, 0.2) is 18.3 Å². The number of carbonyl (C=O) groups excluding carboxylic acids is 2. The van der Waals surface area contributed by atoms with Crippen LogP contribution in [0.3, 0.4) is 0 Å². The summed E-state index contributed by atoms with van der Waals surface area (Å²) in [7, 11) is 0. The number of anilines is 2. The first-order chi connectivity index (χ1) is 22.1. The third kappa shape index (κ3) is 7.50. The topological polar surface area (TPSA) is 186 Å². The van der Waals surface area contributed by atoms with Crippen LogP contribution in [-0.2, 0) is 11.2 Å². The van der Waals surface area contributed by atoms with Gasteiger partial charge in [0.05, 0.1) is 6.61 Å². The highest BCUT2D eigenvalue weighted by atomic mass is 16.5. The molecule has 0 aliphatic carbocycles. The fourth-order valence-corrected chi connectivity index (χ4v) is 4.20. The number of pyridine rings is 2. The summed E-state index contributed by atoms with van der Waals surface area (Å²) in [6.07, 6.45) is 4.15. The predicted molar refractivity (Wildman–Crippen MR) is 163 cm³/mol. The average Bonchev–Trinajstić information content (AvgIpc) is 3.87. The Kier molecular flexibility index (Phi) is 8.72. The van der Waals surface area contributed by atoms with Crippen molar-refractivity contribution in [1.29, 1.82) is 0 Å². The molecular weight excluding hydrogens is 576 g/mol. The Balaban J connectivity index is 0.000000159. The number of hydrogen-bond acceptors (Lipinski definition) is 10. The van der Waals surface area contributed by atoms with E-state index in [9.17, 15) is 9.59 Å². The number of ether oxygens (including phenoxy) is 2. The summed E-state index contributed by atoms with van der Waals surface area (Å²) >= 11 is 0. The average molecular weight is 603 g/mol. The summed E-state index contributed by atoms with van der Waals surface area (Å²) in [6.45, 7) is 0.548. The molecule has 0 unspecified atom stereocenters. The number of nitrogens with one attached hydrogen (secondary N) is 4. The smallest absolute Gasteiger partial charge is 0.264 e. The molecule has 6 aromatic rings. The summed E-state index contributed by atoms with van der Waals surface area (Å²) in [5.74, 6) is 2.26. The van der Waals surface area contributed by atoms with Crippen molar-refractivity contribution in [3.05, 3.63) is 108 Å². The highest BCUT2D eigenvalue weighted by Crippen LogP contribution is 2.26. The minimum Gasteiger partial charge on any atom is -0.493 e. The van der Waals surface area contributed by atoms with Gasteiger partial charge in [0.25, 0.3) is 11.8 Å². The normalized spacial score (nSPS) is 11.4. The molecule has 2 amide bonds. The molecule has 0 radical (unpaired) electrons. The molecule has 0 atom stereocenters. The zero-order chi connectivity index (χ0) is 30.8. The molecule has 0 bridgehead atoms. The fourth-order valence-electron chi connectivity index (χ4n) is 4.20. The van der Waals surface area contributed by atoms with Crippen LogP contribution in [0.15, 0.2) is 97.3 Å². The maximum Gasteiger partial charge on any atom is 0.264 e. The van der Waals surface area contributed by atoms with Crippen LogP contribution in [0.4, 0.5) is 11.9 Å². The standard InChI is InChI=1S/C16H13N5O2.C15H13N5O2/c22-15(11-4-5-13-10(9-11)6-8-23-13)19-16-18-14(20-21-16)12-3-1-2-7-17-12;21-13(10-22-11-6-2-1-3-7-11)17-15-18-14(19-20-15)12-8-4-5-9-16-12/h1-5,7,9H,6,8H2,(H2,18,19,20,21,22);1-9H,10H2,(H2,17,18,19,20,21). The summed E-state index contributed by atoms with van der Waals surface area (Å²) in [5, 5.41) is 18.6. The molecule has 5 heterocycles. The van der Waals surface area contributed by atoms with Crippen LogP contribution < -0.4 is 20.1 Å². The Morgan fingerprint density at radius 2 is 1.42 bits per heavy atom. The zero-order valence-electron chi connectivity index (χ0n) is 23.7. The molecular formula is C31H26N10O4. The molecule has 224 valence electrons. The Labute approximate surface area is 256 Å². The first-order valence-corrected chi connectivity index (χ1v) is 13.8. The van der Waals surface area contributed by atoms with E-state index in [1.165, 1.54) is 0 Å². The first kappa shape index (κ1) is 28.7. The lowest BCUT2D eigenvalue weighted by Crippen LogP contribution is -2.20. The molecule has 0 saturated heterocycles. The number of para-hydroxylation sites is 1. The van der Waals surface area contributed by atoms with Gasteiger partial charge in [-0.2, -0.15) is 9.97 Å². The third-order valence-electron chi connectivity index (χ3n) is 6.33. The molecule has 1 aliphatic heterocycles. The van der Waals surface area contributed by atoms with Gasteiger partial charge >= 0.3 is 0 Å². The molecule has 1 aliphatic rings. The third-order valence-corrected chi connectivity index (χ3v) is 6.33. The SMILES string of the molecule is O=C(COc1ccccc1)Nc1n[nH]c(-c2ccccn2)n1.O=C(Nc1n[nH]c(-c2ccccn2)n1)c1ccc2c(c1)CCO2. The van der Waals surface area contributed by atoms with Crippen LogP contribution in [0, 0.1) is 0 Å². The van der Waals surface area contributed by atoms with Crippen LogP contribution in [0.25, 0.3) is 23.0 Å². The number of benzene rings is 2. The van der Waals surface area contributed by atoms with Gasteiger partial charge in [-0.05, 0) is 60.2 Å². The van der Waals surface area contributed by atoms with Crippen LogP contribution in [0.1, 0.15) is 15.9 Å². The van der Waals surface area contributed by atoms with Crippen molar-refractivity contribution in [2.75, 3.05) is 23.8 Å². The molecule has 14 nitrogen and oxygen atoms in total. The lowest BCUT2D eigenvalue weighted by Gasteiger charge is -2.04. The lowest BCUT2D eigenvalue weighted by atomic mass is 10.1. The number of rotatable bonds is 8. The molecule has 45 heavy (non-hydrogen) atoms. The number of hydrogen-bond donors (Lipinski definition) is 4. The number of fused-ring (bicyclic) bond motifs is 1. The van der Waals surface area contributed by atoms with Crippen molar-refractivity contribution in [3.63, 3.8) is 0 Å². The lowest BCUT2D eigenvalue weighted by molar-refractivity contribution is -0.118. The molecule has 0 spiro atoms. The minimum atomic E-state index is -0.338. The number of amides is 2. The van der Waals surface area contributed by atoms with Gasteiger partial charge in [-0.1, -0.05) is 30.3 Å². The van der Waals surface area contributed by atoms with E-state index < -0.39 is 0 Å². The second-order valence-electron chi connectivity index (χ2n) is 9.47. The van der Waals surface area contributed by atoms with Crippen molar-refractivity contribution in [2.45, 2.75) is 6.42 Å². The molecule has 14 heteroatoms. The zero-order valence-corrected chi connectivity index (χ0v) is 23.7. The van der Waals surface area contributed by atoms with E-state index >= 15 is 0 Å². The molecule has 4 N–H and O–H groups in total. The van der Waals surface area contributed by atoms with Gasteiger partial charge in [0.1, 0.15) is 22.9 Å². The largest absolute Gasteiger partial charge is 0.493 e. The maximum atomic E-state index is 12.3. The van der Waals surface area contributed by atoms with E-state index in [4.69, 9.17) is 9.47 Å². The molecule has 0 saturated carbocycles. The first-order valence-electron chi connectivity index (χ1n) is 13.8. The van der Waals surface area contributed by atoms with Gasteiger partial charge in [0, 0.05) is 24.4 Å². The van der Waals surface area contributed by atoms with Crippen LogP contribution in [0.2, 0.25) is 0 Å². The van der Waals surface area contributed by atoms with Gasteiger partial charge < -0.3 is 9.47 Å². The van der Waals surface area contributed by atoms with Crippen molar-refractivity contribution in [3.8, 4) is 34.5 Å². The van der Waals surface area contributed by atoms with Crippen molar-refractivity contribution < 1.29 is 19.1 Å². The molecule has 7 rings (SSSR count). The van der Waals surface area contributed by atoms with Gasteiger partial charge in [-0.3, -0.25) is 40.4 Å². The highest BCUT2D eigenvalue weighted by Gasteiger charge is 2.16. The van der Waals surface area contributed by atoms with Crippen LogP contribution in [-0.4, -0.2) is 65.4 Å². The van der Waals surface area contributed by atoms with E-state index in [1.807, 2.05) is 60.7 Å². The Bertz CT molecular complexity index is 1880. The Morgan fingerprint density at radius 1 is 0.778 bits per heavy atom. The van der Waals surface area contributed by atoms with E-state index in [0.29, 0.717) is 41.0 Å². The Morgan fingerprint density at radius 3 is 2.07 bits per heavy atom. The Hall–Kier alpha value is -6.44. The van der Waals surface area contributed by atoms with E-state index in [-0.39, 0.29) is 30.3 Å². The van der Waals surface area contributed by atoms with E-state index in [1.54, 1.807) is 36.7 Å². The summed E-state index contributed by atoms with van der Waals surface area (Å²) in [6, 6.07) is 25.4. The number of aromatic amines is 2. The summed E-state index contributed by atoms with van der Waals surface area (Å²) in [5.41, 5.74) is 2.91. The second kappa shape index (κ2) is 13.7. The number of H-pyrrole nitrogens is 2. The molecule has 4 aromatic heterocycles. The van der Waals surface area contributed by atoms with E-state index in [2.05, 4.69) is 51.0 Å². The molecule has 0 fully saturated rings. The molecule has 2 aromatic carbocycles. The number of aromatic nitrogens is 8. The fraction of sp³-hybridized carbons (Fsp3) is 0.0968. The van der Waals surface area contributed by atoms with Crippen molar-refractivity contribution in [1.82, 2.24) is 40.3 Å². The van der Waals surface area contributed by atoms with Gasteiger partial charge in [-0.25, -0.2) is 0 Å². The quantitative estimate of drug-likeness (QED) is 0.199. The van der Waals surface area contributed by atoms with E-state index in [0.717, 1.165) is 17.7 Å². The minimum absolute atomic E-state index is 0.114. The monoisotopic (exact) mass is 602 g/mol. The summed E-state index contributed by atoms with van der Waals surface area (Å²) in [4.78, 5) is 40.8. The highest BCUT2D eigenvalue weighted by molar-refractivity contribution is 6.03. The van der Waals surface area contributed by atoms with Gasteiger partial charge in [-0.15, -0.1) is 10.2 Å². The number of carbonyl (C=O) groups is 2. The van der Waals surface area contributed by atoms with Crippen LogP contribution >= 0.6 is 0 Å². The van der Waals surface area contributed by atoms with Gasteiger partial charge in [0.2, 0.25) is 11.9 Å². The predicted octanol–water partition coefficient (Wildman–Crippen LogP) is 3.94. The summed E-state index contributed by atoms with van der Waals surface area (Å²) < 4.78 is 10.8. The van der Waals surface area contributed by atoms with Crippen molar-refractivity contribution in [2.24, 2.45) is 0 Å². The number of nitrogens with zero attached hydrogens (tertiary/aromatic N) is 6. The van der Waals surface area contributed by atoms with Crippen molar-refractivity contribution >= 4 is 23.7 Å².